The van der Waals surface area contributed by atoms with Gasteiger partial charge in [0.25, 0.3) is 0 Å². The predicted octanol–water partition coefficient (Wildman–Crippen LogP) is 1.96. The summed E-state index contributed by atoms with van der Waals surface area (Å²) in [6.07, 6.45) is 0. The molecule has 6 nitrogen and oxygen atoms in total. The summed E-state index contributed by atoms with van der Waals surface area (Å²) in [5, 5.41) is 0. The van der Waals surface area contributed by atoms with Gasteiger partial charge in [0, 0.05) is 11.1 Å². The van der Waals surface area contributed by atoms with Crippen LogP contribution in [0.4, 0.5) is 0 Å². The maximum atomic E-state index is 11.4. The molecule has 0 aliphatic carbocycles. The number of ether oxygens (including phenoxy) is 2. The molecular formula is C18H12N2O4. The number of carbonyl (C=O) groups excluding carboxylic acids is 2. The van der Waals surface area contributed by atoms with Gasteiger partial charge in [-0.25, -0.2) is 19.6 Å². The topological polar surface area (TPSA) is 77.3 Å². The van der Waals surface area contributed by atoms with E-state index in [1.165, 1.54) is 0 Å². The van der Waals surface area contributed by atoms with Crippen LogP contribution in [0.3, 0.4) is 0 Å². The molecule has 2 aromatic carbocycles. The first-order chi connectivity index (χ1) is 11.7. The number of hydrogen-bond donors (Lipinski definition) is 0. The van der Waals surface area contributed by atoms with Crippen LogP contribution in [0.15, 0.2) is 58.5 Å². The second-order valence-corrected chi connectivity index (χ2v) is 5.28. The molecule has 2 heterocycles. The van der Waals surface area contributed by atoms with Crippen molar-refractivity contribution in [2.45, 2.75) is 0 Å². The van der Waals surface area contributed by atoms with E-state index in [1.807, 2.05) is 48.5 Å². The zero-order valence-electron chi connectivity index (χ0n) is 12.6. The van der Waals surface area contributed by atoms with Crippen molar-refractivity contribution in [2.75, 3.05) is 13.1 Å². The van der Waals surface area contributed by atoms with Gasteiger partial charge in [0.05, 0.1) is 0 Å². The van der Waals surface area contributed by atoms with Gasteiger partial charge in [-0.05, 0) is 23.3 Å². The Morgan fingerprint density at radius 1 is 0.625 bits per heavy atom. The third kappa shape index (κ3) is 2.48. The maximum absolute atomic E-state index is 11.4. The molecule has 118 valence electrons. The van der Waals surface area contributed by atoms with Crippen molar-refractivity contribution < 1.29 is 19.1 Å². The number of nitrogens with zero attached hydrogens (tertiary/aromatic N) is 2. The van der Waals surface area contributed by atoms with Crippen LogP contribution in [-0.4, -0.2) is 36.8 Å². The van der Waals surface area contributed by atoms with Crippen molar-refractivity contribution in [3.63, 3.8) is 0 Å². The normalized spacial score (nSPS) is 16.5. The average Bonchev–Trinajstić information content (AvgIpc) is 3.23. The molecule has 2 aromatic rings. The molecule has 0 unspecified atom stereocenters. The lowest BCUT2D eigenvalue weighted by Gasteiger charge is -2.12. The van der Waals surface area contributed by atoms with Gasteiger partial charge in [0.2, 0.25) is 11.8 Å². The molecule has 0 saturated heterocycles. The van der Waals surface area contributed by atoms with Crippen LogP contribution in [0.5, 0.6) is 0 Å². The van der Waals surface area contributed by atoms with Crippen molar-refractivity contribution in [3.05, 3.63) is 59.7 Å². The average molecular weight is 320 g/mol. The fourth-order valence-corrected chi connectivity index (χ4v) is 2.71. The lowest BCUT2D eigenvalue weighted by molar-refractivity contribution is -0.133. The van der Waals surface area contributed by atoms with Crippen LogP contribution in [0.25, 0.3) is 11.1 Å². The summed E-state index contributed by atoms with van der Waals surface area (Å²) in [4.78, 5) is 31.0. The minimum atomic E-state index is -0.373. The highest BCUT2D eigenvalue weighted by Crippen LogP contribution is 2.30. The van der Waals surface area contributed by atoms with E-state index >= 15 is 0 Å². The standard InChI is InChI=1S/C18H12N2O4/c21-15-9-19-17(23-15)13-7-3-1-5-11(13)12-6-2-4-8-14(12)18-20-10-16(22)24-18/h1-8H,9-10H2. The molecule has 2 aliphatic heterocycles. The van der Waals surface area contributed by atoms with Crippen molar-refractivity contribution >= 4 is 23.7 Å². The molecular weight excluding hydrogens is 308 g/mol. The lowest BCUT2D eigenvalue weighted by Crippen LogP contribution is -2.10. The molecule has 0 N–H and O–H groups in total. The van der Waals surface area contributed by atoms with Gasteiger partial charge in [-0.1, -0.05) is 36.4 Å². The van der Waals surface area contributed by atoms with E-state index in [-0.39, 0.29) is 25.0 Å². The Hall–Kier alpha value is -3.28. The summed E-state index contributed by atoms with van der Waals surface area (Å²) in [6.45, 7) is 0.0469. The summed E-state index contributed by atoms with van der Waals surface area (Å²) in [7, 11) is 0. The van der Waals surface area contributed by atoms with E-state index in [4.69, 9.17) is 9.47 Å². The van der Waals surface area contributed by atoms with Gasteiger partial charge in [-0.15, -0.1) is 0 Å². The molecule has 0 fully saturated rings. The third-order valence-electron chi connectivity index (χ3n) is 3.73. The van der Waals surface area contributed by atoms with Crippen molar-refractivity contribution in [3.8, 4) is 11.1 Å². The van der Waals surface area contributed by atoms with Crippen LogP contribution in [0.2, 0.25) is 0 Å². The van der Waals surface area contributed by atoms with Crippen molar-refractivity contribution in [1.82, 2.24) is 0 Å². The summed E-state index contributed by atoms with van der Waals surface area (Å²) in [5.41, 5.74) is 3.07. The van der Waals surface area contributed by atoms with E-state index < -0.39 is 0 Å². The summed E-state index contributed by atoms with van der Waals surface area (Å²) < 4.78 is 10.4. The highest BCUT2D eigenvalue weighted by atomic mass is 16.6. The zero-order chi connectivity index (χ0) is 16.5. The molecule has 0 saturated carbocycles. The minimum Gasteiger partial charge on any atom is -0.406 e. The number of cyclic esters (lactones) is 2. The molecule has 0 amide bonds. The summed E-state index contributed by atoms with van der Waals surface area (Å²) in [6, 6.07) is 15.0. The van der Waals surface area contributed by atoms with Crippen LogP contribution >= 0.6 is 0 Å². The first-order valence-electron chi connectivity index (χ1n) is 7.42. The predicted molar refractivity (Wildman–Crippen MR) is 86.9 cm³/mol. The molecule has 0 radical (unpaired) electrons. The minimum absolute atomic E-state index is 0.0234. The molecule has 0 atom stereocenters. The second-order valence-electron chi connectivity index (χ2n) is 5.28. The van der Waals surface area contributed by atoms with Crippen molar-refractivity contribution in [2.24, 2.45) is 9.98 Å². The molecule has 0 bridgehead atoms. The Morgan fingerprint density at radius 2 is 1.00 bits per heavy atom. The van der Waals surface area contributed by atoms with Crippen molar-refractivity contribution in [1.29, 1.82) is 0 Å². The van der Waals surface area contributed by atoms with Gasteiger partial charge in [0.15, 0.2) is 0 Å². The zero-order valence-corrected chi connectivity index (χ0v) is 12.6. The smallest absolute Gasteiger partial charge is 0.334 e. The summed E-state index contributed by atoms with van der Waals surface area (Å²) in [5.74, 6) is -0.143. The SMILES string of the molecule is O=C1CN=C(c2ccccc2-c2ccccc2C2=NCC(=O)O2)O1. The van der Waals surface area contributed by atoms with E-state index in [1.54, 1.807) is 0 Å². The van der Waals surface area contributed by atoms with Gasteiger partial charge >= 0.3 is 11.9 Å². The highest BCUT2D eigenvalue weighted by Gasteiger charge is 2.24. The fourth-order valence-electron chi connectivity index (χ4n) is 2.71. The van der Waals surface area contributed by atoms with Gasteiger partial charge in [0.1, 0.15) is 13.1 Å². The fraction of sp³-hybridized carbons (Fsp3) is 0.111. The quantitative estimate of drug-likeness (QED) is 0.810. The number of carbonyl (C=O) groups is 2. The summed E-state index contributed by atoms with van der Waals surface area (Å²) >= 11 is 0. The number of aliphatic imine (C=N–C) groups is 2. The van der Waals surface area contributed by atoms with Gasteiger partial charge in [-0.2, -0.15) is 0 Å². The Kier molecular flexibility index (Phi) is 3.42. The first-order valence-corrected chi connectivity index (χ1v) is 7.42. The Labute approximate surface area is 137 Å². The molecule has 4 rings (SSSR count). The third-order valence-corrected chi connectivity index (χ3v) is 3.73. The monoisotopic (exact) mass is 320 g/mol. The van der Waals surface area contributed by atoms with Crippen LogP contribution in [-0.2, 0) is 19.1 Å². The van der Waals surface area contributed by atoms with Crippen LogP contribution in [0, 0.1) is 0 Å². The highest BCUT2D eigenvalue weighted by molar-refractivity contribution is 6.12. The Bertz CT molecular complexity index is 839. The van der Waals surface area contributed by atoms with Crippen LogP contribution < -0.4 is 0 Å². The molecule has 0 aromatic heterocycles. The number of rotatable bonds is 3. The lowest BCUT2D eigenvalue weighted by atomic mass is 9.95. The van der Waals surface area contributed by atoms with Gasteiger partial charge in [-0.3, -0.25) is 0 Å². The molecule has 0 spiro atoms. The Balaban J connectivity index is 1.84. The second kappa shape index (κ2) is 5.73. The Morgan fingerprint density at radius 3 is 1.33 bits per heavy atom. The van der Waals surface area contributed by atoms with Crippen LogP contribution in [0.1, 0.15) is 11.1 Å². The van der Waals surface area contributed by atoms with E-state index in [0.717, 1.165) is 11.1 Å². The molecule has 2 aliphatic rings. The number of benzene rings is 2. The number of hydrogen-bond acceptors (Lipinski definition) is 6. The molecule has 6 heteroatoms. The van der Waals surface area contributed by atoms with E-state index in [9.17, 15) is 9.59 Å². The van der Waals surface area contributed by atoms with E-state index in [2.05, 4.69) is 9.98 Å². The van der Waals surface area contributed by atoms with Gasteiger partial charge < -0.3 is 9.47 Å². The largest absolute Gasteiger partial charge is 0.406 e. The first kappa shape index (κ1) is 14.3. The maximum Gasteiger partial charge on any atom is 0.334 e. The van der Waals surface area contributed by atoms with E-state index in [0.29, 0.717) is 22.9 Å². The molecule has 24 heavy (non-hydrogen) atoms. The number of esters is 2.